The first-order valence-corrected chi connectivity index (χ1v) is 11.5. The van der Waals surface area contributed by atoms with E-state index in [-0.39, 0.29) is 6.10 Å². The van der Waals surface area contributed by atoms with Gasteiger partial charge in [-0.2, -0.15) is 0 Å². The van der Waals surface area contributed by atoms with Crippen LogP contribution in [0, 0.1) is 0 Å². The number of aromatic nitrogens is 1. The number of rotatable bonds is 7. The molecule has 0 N–H and O–H groups in total. The quantitative estimate of drug-likeness (QED) is 0.582. The Balaban J connectivity index is 2.04. The predicted molar refractivity (Wildman–Crippen MR) is 110 cm³/mol. The Morgan fingerprint density at radius 1 is 0.880 bits per heavy atom. The molecule has 0 bridgehead atoms. The zero-order valence-corrected chi connectivity index (χ0v) is 16.0. The average Bonchev–Trinajstić information content (AvgIpc) is 2.69. The summed E-state index contributed by atoms with van der Waals surface area (Å²) < 4.78 is 6.07. The summed E-state index contributed by atoms with van der Waals surface area (Å²) in [7, 11) is 0. The van der Waals surface area contributed by atoms with Crippen molar-refractivity contribution in [3.63, 3.8) is 0 Å². The molecule has 1 aromatic heterocycles. The van der Waals surface area contributed by atoms with Crippen LogP contribution in [0.3, 0.4) is 0 Å². The van der Waals surface area contributed by atoms with Gasteiger partial charge in [0.15, 0.2) is 0 Å². The summed E-state index contributed by atoms with van der Waals surface area (Å²) in [5, 5.41) is 2.44. The topological polar surface area (TPSA) is 22.1 Å². The minimum Gasteiger partial charge on any atom is -0.372 e. The largest absolute Gasteiger partial charge is 0.372 e. The summed E-state index contributed by atoms with van der Waals surface area (Å²) in [5.41, 5.74) is 0.949. The Morgan fingerprint density at radius 3 is 1.92 bits per heavy atom. The van der Waals surface area contributed by atoms with Crippen molar-refractivity contribution in [3.05, 3.63) is 90.8 Å². The fraction of sp³-hybridized carbons (Fsp3) is 0.190. The van der Waals surface area contributed by atoms with Gasteiger partial charge in [-0.25, -0.2) is 0 Å². The average molecular weight is 367 g/mol. The minimum absolute atomic E-state index is 0.0996. The molecule has 0 spiro atoms. The molecule has 1 atom stereocenters. The molecule has 1 heterocycles. The van der Waals surface area contributed by atoms with Gasteiger partial charge in [-0.15, -0.1) is 0 Å². The second-order valence-electron chi connectivity index (χ2n) is 5.79. The van der Waals surface area contributed by atoms with Gasteiger partial charge >= 0.3 is 0 Å². The first kappa shape index (κ1) is 18.0. The number of benzene rings is 2. The summed E-state index contributed by atoms with van der Waals surface area (Å²) >= 11 is 6.33. The van der Waals surface area contributed by atoms with E-state index in [1.54, 1.807) is 0 Å². The lowest BCUT2D eigenvalue weighted by Crippen LogP contribution is -2.23. The maximum Gasteiger partial charge on any atom is 0.105 e. The van der Waals surface area contributed by atoms with Gasteiger partial charge in [-0.3, -0.25) is 4.98 Å². The minimum atomic E-state index is -2.01. The molecule has 25 heavy (non-hydrogen) atoms. The van der Waals surface area contributed by atoms with Crippen molar-refractivity contribution in [3.8, 4) is 0 Å². The van der Waals surface area contributed by atoms with Crippen LogP contribution in [0.25, 0.3) is 0 Å². The maximum absolute atomic E-state index is 6.33. The van der Waals surface area contributed by atoms with E-state index >= 15 is 0 Å². The van der Waals surface area contributed by atoms with Gasteiger partial charge < -0.3 is 4.74 Å². The van der Waals surface area contributed by atoms with Crippen LogP contribution >= 0.6 is 6.04 Å². The van der Waals surface area contributed by atoms with Crippen LogP contribution in [-0.4, -0.2) is 17.8 Å². The first-order valence-electron chi connectivity index (χ1n) is 8.47. The van der Waals surface area contributed by atoms with E-state index in [0.29, 0.717) is 6.61 Å². The second kappa shape index (κ2) is 8.53. The van der Waals surface area contributed by atoms with E-state index < -0.39 is 6.04 Å². The van der Waals surface area contributed by atoms with Gasteiger partial charge in [-0.05, 0) is 29.7 Å². The SMILES string of the molecule is CCOC(CP(=S)(c1ccccc1)c1ccccc1)c1ccccn1. The molecule has 4 heteroatoms. The molecule has 0 saturated heterocycles. The standard InChI is InChI=1S/C21H22NOPS/c1-2-23-21(20-15-9-10-16-22-20)17-24(25,18-11-5-3-6-12-18)19-13-7-4-8-14-19/h3-16,21H,2,17H2,1H3. The normalized spacial score (nSPS) is 12.7. The van der Waals surface area contributed by atoms with Gasteiger partial charge in [0, 0.05) is 25.0 Å². The Bertz CT molecular complexity index is 781. The third kappa shape index (κ3) is 4.24. The second-order valence-corrected chi connectivity index (χ2v) is 10.5. The zero-order valence-electron chi connectivity index (χ0n) is 14.3. The van der Waals surface area contributed by atoms with Crippen LogP contribution in [0.1, 0.15) is 18.7 Å². The van der Waals surface area contributed by atoms with Crippen molar-refractivity contribution in [1.29, 1.82) is 0 Å². The van der Waals surface area contributed by atoms with E-state index in [1.165, 1.54) is 10.6 Å². The predicted octanol–water partition coefficient (Wildman–Crippen LogP) is 4.29. The summed E-state index contributed by atoms with van der Waals surface area (Å²) in [6.07, 6.45) is 2.48. The van der Waals surface area contributed by atoms with Gasteiger partial charge in [0.05, 0.1) is 5.69 Å². The molecule has 0 aliphatic carbocycles. The molecule has 3 aromatic rings. The summed E-state index contributed by atoms with van der Waals surface area (Å²) in [5.74, 6) is 0. The highest BCUT2D eigenvalue weighted by atomic mass is 32.4. The number of nitrogens with zero attached hydrogens (tertiary/aromatic N) is 1. The lowest BCUT2D eigenvalue weighted by atomic mass is 10.2. The highest BCUT2D eigenvalue weighted by Gasteiger charge is 2.28. The van der Waals surface area contributed by atoms with Crippen LogP contribution in [0.4, 0.5) is 0 Å². The van der Waals surface area contributed by atoms with Crippen LogP contribution in [0.5, 0.6) is 0 Å². The van der Waals surface area contributed by atoms with E-state index in [9.17, 15) is 0 Å². The third-order valence-corrected chi connectivity index (χ3v) is 8.98. The van der Waals surface area contributed by atoms with E-state index in [0.717, 1.165) is 11.9 Å². The van der Waals surface area contributed by atoms with Gasteiger partial charge in [0.1, 0.15) is 6.10 Å². The molecule has 3 rings (SSSR count). The maximum atomic E-state index is 6.33. The highest BCUT2D eigenvalue weighted by Crippen LogP contribution is 2.47. The van der Waals surface area contributed by atoms with Crippen molar-refractivity contribution in [1.82, 2.24) is 4.98 Å². The molecule has 128 valence electrons. The van der Waals surface area contributed by atoms with Crippen LogP contribution in [0.15, 0.2) is 85.1 Å². The van der Waals surface area contributed by atoms with E-state index in [2.05, 4.69) is 53.5 Å². The van der Waals surface area contributed by atoms with Gasteiger partial charge in [0.2, 0.25) is 0 Å². The fourth-order valence-electron chi connectivity index (χ4n) is 2.93. The van der Waals surface area contributed by atoms with Crippen LogP contribution < -0.4 is 10.6 Å². The molecule has 0 amide bonds. The van der Waals surface area contributed by atoms with Crippen LogP contribution in [0.2, 0.25) is 0 Å². The highest BCUT2D eigenvalue weighted by molar-refractivity contribution is 8.21. The zero-order chi connectivity index (χ0) is 17.5. The Morgan fingerprint density at radius 2 is 1.44 bits per heavy atom. The number of hydrogen-bond donors (Lipinski definition) is 0. The van der Waals surface area contributed by atoms with Crippen molar-refractivity contribution < 1.29 is 4.74 Å². The van der Waals surface area contributed by atoms with Crippen molar-refractivity contribution >= 4 is 28.5 Å². The lowest BCUT2D eigenvalue weighted by molar-refractivity contribution is 0.0762. The van der Waals surface area contributed by atoms with Gasteiger partial charge in [-0.1, -0.05) is 78.5 Å². The van der Waals surface area contributed by atoms with Gasteiger partial charge in [0.25, 0.3) is 0 Å². The smallest absolute Gasteiger partial charge is 0.105 e. The molecular formula is C21H22NOPS. The van der Waals surface area contributed by atoms with E-state index in [4.69, 9.17) is 16.5 Å². The van der Waals surface area contributed by atoms with E-state index in [1.807, 2.05) is 43.5 Å². The summed E-state index contributed by atoms with van der Waals surface area (Å²) in [6.45, 7) is 2.66. The number of hydrogen-bond acceptors (Lipinski definition) is 3. The third-order valence-electron chi connectivity index (χ3n) is 4.15. The summed E-state index contributed by atoms with van der Waals surface area (Å²) in [4.78, 5) is 4.52. The summed E-state index contributed by atoms with van der Waals surface area (Å²) in [6, 6.07) is 24.9. The van der Waals surface area contributed by atoms with Crippen molar-refractivity contribution in [2.45, 2.75) is 13.0 Å². The molecular weight excluding hydrogens is 345 g/mol. The Hall–Kier alpha value is -1.80. The van der Waals surface area contributed by atoms with Crippen molar-refractivity contribution in [2.75, 3.05) is 12.8 Å². The lowest BCUT2D eigenvalue weighted by Gasteiger charge is -2.28. The number of ether oxygens (including phenoxy) is 1. The van der Waals surface area contributed by atoms with Crippen LogP contribution in [-0.2, 0) is 16.5 Å². The molecule has 0 aliphatic rings. The first-order chi connectivity index (χ1) is 12.2. The Kier molecular flexibility index (Phi) is 6.14. The fourth-order valence-corrected chi connectivity index (χ4v) is 6.85. The molecule has 1 unspecified atom stereocenters. The molecule has 0 fully saturated rings. The molecule has 0 radical (unpaired) electrons. The molecule has 0 aliphatic heterocycles. The monoisotopic (exact) mass is 367 g/mol. The molecule has 2 nitrogen and oxygen atoms in total. The number of pyridine rings is 1. The Labute approximate surface area is 154 Å². The molecule has 0 saturated carbocycles. The molecule has 2 aromatic carbocycles. The van der Waals surface area contributed by atoms with Crippen molar-refractivity contribution in [2.24, 2.45) is 0 Å².